The monoisotopic (exact) mass is 201 g/mol. The van der Waals surface area contributed by atoms with Crippen molar-refractivity contribution in [3.8, 4) is 0 Å². The topological polar surface area (TPSA) is 63.3 Å². The van der Waals surface area contributed by atoms with E-state index in [-0.39, 0.29) is 12.5 Å². The summed E-state index contributed by atoms with van der Waals surface area (Å²) in [5, 5.41) is 8.53. The van der Waals surface area contributed by atoms with Gasteiger partial charge in [-0.15, -0.1) is 0 Å². The summed E-state index contributed by atoms with van der Waals surface area (Å²) in [6.45, 7) is 6.54. The van der Waals surface area contributed by atoms with Gasteiger partial charge in [-0.05, 0) is 18.3 Å². The zero-order valence-corrected chi connectivity index (χ0v) is 9.49. The molecule has 14 heavy (non-hydrogen) atoms. The van der Waals surface area contributed by atoms with Crippen molar-refractivity contribution >= 4 is 5.97 Å². The third-order valence-electron chi connectivity index (χ3n) is 2.38. The molecule has 0 aromatic heterocycles. The van der Waals surface area contributed by atoms with Crippen molar-refractivity contribution in [3.05, 3.63) is 0 Å². The van der Waals surface area contributed by atoms with Gasteiger partial charge in [-0.3, -0.25) is 4.79 Å². The summed E-state index contributed by atoms with van der Waals surface area (Å²) in [7, 11) is 0. The Balaban J connectivity index is 3.59. The van der Waals surface area contributed by atoms with E-state index in [1.807, 2.05) is 0 Å². The lowest BCUT2D eigenvalue weighted by Crippen LogP contribution is -2.26. The van der Waals surface area contributed by atoms with Crippen LogP contribution in [0.4, 0.5) is 0 Å². The van der Waals surface area contributed by atoms with Gasteiger partial charge in [-0.2, -0.15) is 0 Å². The molecule has 0 aliphatic heterocycles. The van der Waals surface area contributed by atoms with Gasteiger partial charge in [0, 0.05) is 6.04 Å². The fourth-order valence-electron chi connectivity index (χ4n) is 1.56. The van der Waals surface area contributed by atoms with Gasteiger partial charge in [0.15, 0.2) is 0 Å². The highest BCUT2D eigenvalue weighted by Crippen LogP contribution is 2.16. The number of hydrogen-bond donors (Lipinski definition) is 2. The third-order valence-corrected chi connectivity index (χ3v) is 2.38. The maximum absolute atomic E-state index is 10.4. The van der Waals surface area contributed by atoms with Crippen LogP contribution in [0.2, 0.25) is 0 Å². The van der Waals surface area contributed by atoms with E-state index in [0.29, 0.717) is 11.8 Å². The van der Waals surface area contributed by atoms with Crippen molar-refractivity contribution in [3.63, 3.8) is 0 Å². The van der Waals surface area contributed by atoms with Gasteiger partial charge in [0.25, 0.3) is 0 Å². The summed E-state index contributed by atoms with van der Waals surface area (Å²) in [4.78, 5) is 10.4. The molecule has 0 amide bonds. The molecule has 0 aromatic rings. The normalized spacial score (nSPS) is 15.5. The van der Waals surface area contributed by atoms with Crippen LogP contribution in [0.15, 0.2) is 0 Å². The molecule has 2 atom stereocenters. The van der Waals surface area contributed by atoms with Crippen molar-refractivity contribution in [2.45, 2.75) is 52.5 Å². The third kappa shape index (κ3) is 8.05. The van der Waals surface area contributed by atoms with Crippen LogP contribution in [0.25, 0.3) is 0 Å². The van der Waals surface area contributed by atoms with Crippen LogP contribution in [0.3, 0.4) is 0 Å². The summed E-state index contributed by atoms with van der Waals surface area (Å²) in [6, 6.07) is -0.185. The van der Waals surface area contributed by atoms with Gasteiger partial charge in [0.05, 0.1) is 6.42 Å². The van der Waals surface area contributed by atoms with Crippen molar-refractivity contribution in [1.29, 1.82) is 0 Å². The average Bonchev–Trinajstić information content (AvgIpc) is 1.98. The van der Waals surface area contributed by atoms with Crippen molar-refractivity contribution < 1.29 is 9.90 Å². The van der Waals surface area contributed by atoms with Crippen LogP contribution in [0, 0.1) is 11.8 Å². The molecular formula is C11H23NO2. The van der Waals surface area contributed by atoms with E-state index in [1.165, 1.54) is 6.42 Å². The number of rotatable bonds is 7. The first-order valence-electron chi connectivity index (χ1n) is 5.39. The second-order valence-corrected chi connectivity index (χ2v) is 4.67. The summed E-state index contributed by atoms with van der Waals surface area (Å²) < 4.78 is 0. The first-order valence-corrected chi connectivity index (χ1v) is 5.39. The van der Waals surface area contributed by atoms with Crippen molar-refractivity contribution in [1.82, 2.24) is 0 Å². The molecule has 0 fully saturated rings. The minimum Gasteiger partial charge on any atom is -0.481 e. The van der Waals surface area contributed by atoms with E-state index in [4.69, 9.17) is 10.8 Å². The van der Waals surface area contributed by atoms with Gasteiger partial charge >= 0.3 is 5.97 Å². The first-order chi connectivity index (χ1) is 6.41. The molecule has 0 heterocycles. The fourth-order valence-corrected chi connectivity index (χ4v) is 1.56. The minimum absolute atomic E-state index is 0.0893. The molecule has 3 N–H and O–H groups in total. The SMILES string of the molecule is CC(C)CC[C@H](C)C[C@H](N)CC(=O)O. The van der Waals surface area contributed by atoms with Gasteiger partial charge in [-0.25, -0.2) is 0 Å². The Labute approximate surface area is 86.7 Å². The van der Waals surface area contributed by atoms with Crippen LogP contribution in [-0.2, 0) is 4.79 Å². The number of nitrogens with two attached hydrogens (primary N) is 1. The average molecular weight is 201 g/mol. The molecule has 84 valence electrons. The van der Waals surface area contributed by atoms with E-state index in [2.05, 4.69) is 20.8 Å². The second kappa shape index (κ2) is 6.82. The van der Waals surface area contributed by atoms with Gasteiger partial charge in [-0.1, -0.05) is 33.6 Å². The zero-order valence-electron chi connectivity index (χ0n) is 9.49. The Hall–Kier alpha value is -0.570. The van der Waals surface area contributed by atoms with Gasteiger partial charge in [0.2, 0.25) is 0 Å². The standard InChI is InChI=1S/C11H23NO2/c1-8(2)4-5-9(3)6-10(12)7-11(13)14/h8-10H,4-7,12H2,1-3H3,(H,13,14)/t9-,10-/m0/s1. The van der Waals surface area contributed by atoms with E-state index < -0.39 is 5.97 Å². The molecule has 0 aliphatic rings. The first kappa shape index (κ1) is 13.4. The number of carbonyl (C=O) groups is 1. The number of hydrogen-bond acceptors (Lipinski definition) is 2. The van der Waals surface area contributed by atoms with Crippen molar-refractivity contribution in [2.24, 2.45) is 17.6 Å². The number of aliphatic carboxylic acids is 1. The lowest BCUT2D eigenvalue weighted by atomic mass is 9.93. The molecule has 0 saturated heterocycles. The summed E-state index contributed by atoms with van der Waals surface area (Å²) in [6.07, 6.45) is 3.25. The predicted molar refractivity (Wildman–Crippen MR) is 58.1 cm³/mol. The highest BCUT2D eigenvalue weighted by Gasteiger charge is 2.12. The lowest BCUT2D eigenvalue weighted by molar-refractivity contribution is -0.137. The molecule has 0 rings (SSSR count). The molecule has 0 saturated carbocycles. The summed E-state index contributed by atoms with van der Waals surface area (Å²) >= 11 is 0. The molecular weight excluding hydrogens is 178 g/mol. The Morgan fingerprint density at radius 2 is 1.86 bits per heavy atom. The van der Waals surface area contributed by atoms with E-state index in [9.17, 15) is 4.79 Å². The van der Waals surface area contributed by atoms with E-state index >= 15 is 0 Å². The highest BCUT2D eigenvalue weighted by atomic mass is 16.4. The van der Waals surface area contributed by atoms with Crippen molar-refractivity contribution in [2.75, 3.05) is 0 Å². The van der Waals surface area contributed by atoms with Crippen LogP contribution in [0.5, 0.6) is 0 Å². The second-order valence-electron chi connectivity index (χ2n) is 4.67. The largest absolute Gasteiger partial charge is 0.481 e. The molecule has 0 spiro atoms. The lowest BCUT2D eigenvalue weighted by Gasteiger charge is -2.16. The molecule has 3 nitrogen and oxygen atoms in total. The smallest absolute Gasteiger partial charge is 0.304 e. The quantitative estimate of drug-likeness (QED) is 0.664. The fraction of sp³-hybridized carbons (Fsp3) is 0.909. The molecule has 0 unspecified atom stereocenters. The minimum atomic E-state index is -0.798. The maximum atomic E-state index is 10.4. The highest BCUT2D eigenvalue weighted by molar-refractivity contribution is 5.67. The molecule has 0 aromatic carbocycles. The number of carboxylic acid groups (broad SMARTS) is 1. The van der Waals surface area contributed by atoms with Gasteiger partial charge in [0.1, 0.15) is 0 Å². The Bertz CT molecular complexity index is 169. The van der Waals surface area contributed by atoms with E-state index in [1.54, 1.807) is 0 Å². The van der Waals surface area contributed by atoms with Gasteiger partial charge < -0.3 is 10.8 Å². The molecule has 3 heteroatoms. The maximum Gasteiger partial charge on any atom is 0.304 e. The molecule has 0 radical (unpaired) electrons. The Morgan fingerprint density at radius 3 is 2.29 bits per heavy atom. The Kier molecular flexibility index (Phi) is 6.54. The number of carboxylic acids is 1. The molecule has 0 bridgehead atoms. The van der Waals surface area contributed by atoms with E-state index in [0.717, 1.165) is 12.8 Å². The Morgan fingerprint density at radius 1 is 1.29 bits per heavy atom. The predicted octanol–water partition coefficient (Wildman–Crippen LogP) is 2.25. The van der Waals surface area contributed by atoms with Crippen LogP contribution >= 0.6 is 0 Å². The van der Waals surface area contributed by atoms with Crippen LogP contribution in [-0.4, -0.2) is 17.1 Å². The zero-order chi connectivity index (χ0) is 11.1. The van der Waals surface area contributed by atoms with Crippen LogP contribution in [0.1, 0.15) is 46.5 Å². The summed E-state index contributed by atoms with van der Waals surface area (Å²) in [5.41, 5.74) is 5.70. The molecule has 0 aliphatic carbocycles. The van der Waals surface area contributed by atoms with Crippen LogP contribution < -0.4 is 5.73 Å². The summed E-state index contributed by atoms with van der Waals surface area (Å²) in [5.74, 6) is 0.452.